The quantitative estimate of drug-likeness (QED) is 0.314. The molecule has 0 aliphatic carbocycles. The number of carbonyl (C=O) groups is 2. The van der Waals surface area contributed by atoms with Gasteiger partial charge in [0, 0.05) is 24.1 Å². The summed E-state index contributed by atoms with van der Waals surface area (Å²) in [7, 11) is 0. The zero-order chi connectivity index (χ0) is 22.7. The van der Waals surface area contributed by atoms with Gasteiger partial charge in [-0.2, -0.15) is 0 Å². The summed E-state index contributed by atoms with van der Waals surface area (Å²) in [5.74, 6) is -0.542. The van der Waals surface area contributed by atoms with Gasteiger partial charge in [-0.15, -0.1) is 0 Å². The van der Waals surface area contributed by atoms with Crippen molar-refractivity contribution in [1.82, 2.24) is 4.90 Å². The van der Waals surface area contributed by atoms with Crippen LogP contribution in [0.3, 0.4) is 0 Å². The Balaban J connectivity index is 1.49. The van der Waals surface area contributed by atoms with E-state index in [-0.39, 0.29) is 23.0 Å². The molecule has 1 unspecified atom stereocenters. The van der Waals surface area contributed by atoms with Crippen molar-refractivity contribution < 1.29 is 23.5 Å². The van der Waals surface area contributed by atoms with E-state index >= 15 is 0 Å². The van der Waals surface area contributed by atoms with E-state index in [2.05, 4.69) is 0 Å². The topological polar surface area (TPSA) is 86.0 Å². The molecular formula is C24H22ClNO6. The van der Waals surface area contributed by atoms with E-state index in [1.54, 1.807) is 6.07 Å². The first-order valence-corrected chi connectivity index (χ1v) is 10.8. The lowest BCUT2D eigenvalue weighted by atomic mass is 10.1. The molecule has 8 heteroatoms. The fraction of sp³-hybridized carbons (Fsp3) is 0.292. The minimum Gasteiger partial charge on any atom is -0.445 e. The van der Waals surface area contributed by atoms with Crippen LogP contribution in [0.25, 0.3) is 11.0 Å². The van der Waals surface area contributed by atoms with Crippen LogP contribution in [-0.2, 0) is 22.6 Å². The van der Waals surface area contributed by atoms with Crippen molar-refractivity contribution in [2.24, 2.45) is 0 Å². The Morgan fingerprint density at radius 2 is 1.97 bits per heavy atom. The van der Waals surface area contributed by atoms with Crippen LogP contribution in [0.1, 0.15) is 30.9 Å². The van der Waals surface area contributed by atoms with Crippen LogP contribution in [0.5, 0.6) is 5.75 Å². The number of hydrogen-bond donors (Lipinski definition) is 0. The van der Waals surface area contributed by atoms with Gasteiger partial charge in [-0.3, -0.25) is 4.90 Å². The molecule has 32 heavy (non-hydrogen) atoms. The van der Waals surface area contributed by atoms with Crippen molar-refractivity contribution >= 4 is 34.6 Å². The second-order valence-electron chi connectivity index (χ2n) is 7.54. The molecule has 0 bridgehead atoms. The summed E-state index contributed by atoms with van der Waals surface area (Å²) in [5, 5.41) is 0.898. The Labute approximate surface area is 189 Å². The van der Waals surface area contributed by atoms with Crippen molar-refractivity contribution in [3.63, 3.8) is 0 Å². The van der Waals surface area contributed by atoms with Gasteiger partial charge in [0.05, 0.1) is 5.02 Å². The Bertz CT molecular complexity index is 1210. The number of amides is 1. The third kappa shape index (κ3) is 4.62. The molecule has 166 valence electrons. The third-order valence-electron chi connectivity index (χ3n) is 5.44. The van der Waals surface area contributed by atoms with Gasteiger partial charge in [0.2, 0.25) is 0 Å². The van der Waals surface area contributed by atoms with Crippen molar-refractivity contribution in [1.29, 1.82) is 0 Å². The van der Waals surface area contributed by atoms with E-state index in [1.807, 2.05) is 37.3 Å². The molecule has 1 amide bonds. The van der Waals surface area contributed by atoms with Crippen molar-refractivity contribution in [2.45, 2.75) is 38.8 Å². The Morgan fingerprint density at radius 1 is 1.19 bits per heavy atom. The summed E-state index contributed by atoms with van der Waals surface area (Å²) in [4.78, 5) is 38.6. The van der Waals surface area contributed by atoms with E-state index in [0.717, 1.165) is 11.1 Å². The predicted molar refractivity (Wildman–Crippen MR) is 119 cm³/mol. The summed E-state index contributed by atoms with van der Waals surface area (Å²) in [6, 6.07) is 13.0. The molecule has 1 saturated heterocycles. The van der Waals surface area contributed by atoms with Crippen molar-refractivity contribution in [3.05, 3.63) is 75.1 Å². The second kappa shape index (κ2) is 9.44. The predicted octanol–water partition coefficient (Wildman–Crippen LogP) is 4.72. The van der Waals surface area contributed by atoms with Gasteiger partial charge in [-0.05, 0) is 36.5 Å². The van der Waals surface area contributed by atoms with E-state index < -0.39 is 23.7 Å². The van der Waals surface area contributed by atoms with Gasteiger partial charge >= 0.3 is 17.7 Å². The number of ether oxygens (including phenoxy) is 2. The lowest BCUT2D eigenvalue weighted by molar-refractivity contribution is -0.139. The fourth-order valence-electron chi connectivity index (χ4n) is 3.81. The minimum absolute atomic E-state index is 0.0741. The number of aryl methyl sites for hydroxylation is 1. The third-order valence-corrected chi connectivity index (χ3v) is 5.73. The number of rotatable bonds is 5. The molecule has 3 aromatic rings. The highest BCUT2D eigenvalue weighted by atomic mass is 35.5. The molecule has 4 rings (SSSR count). The van der Waals surface area contributed by atoms with Crippen LogP contribution in [0.4, 0.5) is 4.79 Å². The Kier molecular flexibility index (Phi) is 6.46. The van der Waals surface area contributed by atoms with E-state index in [4.69, 9.17) is 25.5 Å². The molecule has 1 aliphatic rings. The largest absolute Gasteiger partial charge is 0.445 e. The average molecular weight is 456 g/mol. The smallest absolute Gasteiger partial charge is 0.410 e. The van der Waals surface area contributed by atoms with Crippen LogP contribution in [0.2, 0.25) is 5.02 Å². The van der Waals surface area contributed by atoms with Gasteiger partial charge in [0.25, 0.3) is 0 Å². The minimum atomic E-state index is -0.779. The standard InChI is InChI=1S/C24H22ClNO6/c1-2-16-11-22(27)31-20-13-21(18(25)12-17(16)20)32-23(28)19-9-6-10-26(19)24(29)30-14-15-7-4-3-5-8-15/h3-5,7-8,11-13,19H,2,6,9-10,14H2,1H3. The molecule has 0 spiro atoms. The first kappa shape index (κ1) is 21.9. The van der Waals surface area contributed by atoms with Crippen molar-refractivity contribution in [3.8, 4) is 5.75 Å². The number of fused-ring (bicyclic) bond motifs is 1. The number of nitrogens with zero attached hydrogens (tertiary/aromatic N) is 1. The number of esters is 1. The first-order chi connectivity index (χ1) is 15.5. The summed E-state index contributed by atoms with van der Waals surface area (Å²) < 4.78 is 16.1. The Hall–Kier alpha value is -3.32. The molecule has 1 aromatic heterocycles. The Morgan fingerprint density at radius 3 is 2.72 bits per heavy atom. The highest BCUT2D eigenvalue weighted by molar-refractivity contribution is 6.33. The van der Waals surface area contributed by atoms with Gasteiger partial charge in [0.15, 0.2) is 5.75 Å². The molecule has 2 heterocycles. The molecule has 1 aliphatic heterocycles. The second-order valence-corrected chi connectivity index (χ2v) is 7.94. The molecule has 2 aromatic carbocycles. The van der Waals surface area contributed by atoms with Gasteiger partial charge in [0.1, 0.15) is 18.2 Å². The maximum Gasteiger partial charge on any atom is 0.410 e. The zero-order valence-corrected chi connectivity index (χ0v) is 18.3. The van der Waals surface area contributed by atoms with Crippen LogP contribution in [0, 0.1) is 0 Å². The summed E-state index contributed by atoms with van der Waals surface area (Å²) in [6.07, 6.45) is 1.16. The molecule has 0 N–H and O–H groups in total. The van der Waals surface area contributed by atoms with Gasteiger partial charge in [-0.1, -0.05) is 48.9 Å². The van der Waals surface area contributed by atoms with Crippen molar-refractivity contribution in [2.75, 3.05) is 6.54 Å². The lowest BCUT2D eigenvalue weighted by Crippen LogP contribution is -2.42. The van der Waals surface area contributed by atoms with Crippen LogP contribution in [-0.4, -0.2) is 29.5 Å². The molecular weight excluding hydrogens is 434 g/mol. The number of hydrogen-bond acceptors (Lipinski definition) is 6. The summed E-state index contributed by atoms with van der Waals surface area (Å²) >= 11 is 6.34. The molecule has 1 fully saturated rings. The van der Waals surface area contributed by atoms with Crippen LogP contribution >= 0.6 is 11.6 Å². The van der Waals surface area contributed by atoms with E-state index in [1.165, 1.54) is 17.0 Å². The van der Waals surface area contributed by atoms with Gasteiger partial charge < -0.3 is 13.9 Å². The lowest BCUT2D eigenvalue weighted by Gasteiger charge is -2.22. The monoisotopic (exact) mass is 455 g/mol. The van der Waals surface area contributed by atoms with E-state index in [0.29, 0.717) is 31.2 Å². The maximum atomic E-state index is 12.9. The SMILES string of the molecule is CCc1cc(=O)oc2cc(OC(=O)C3CCCN3C(=O)OCc3ccccc3)c(Cl)cc12. The molecule has 1 atom stereocenters. The van der Waals surface area contributed by atoms with E-state index in [9.17, 15) is 14.4 Å². The highest BCUT2D eigenvalue weighted by Gasteiger charge is 2.37. The number of benzene rings is 2. The summed E-state index contributed by atoms with van der Waals surface area (Å²) in [6.45, 7) is 2.43. The zero-order valence-electron chi connectivity index (χ0n) is 17.5. The number of likely N-dealkylation sites (tertiary alicyclic amines) is 1. The summed E-state index contributed by atoms with van der Waals surface area (Å²) in [5.41, 5.74) is 1.44. The number of carbonyl (C=O) groups excluding carboxylic acids is 2. The maximum absolute atomic E-state index is 12.9. The van der Waals surface area contributed by atoms with Gasteiger partial charge in [-0.25, -0.2) is 14.4 Å². The molecule has 0 saturated carbocycles. The molecule has 0 radical (unpaired) electrons. The first-order valence-electron chi connectivity index (χ1n) is 10.4. The molecule has 7 nitrogen and oxygen atoms in total. The number of halogens is 1. The van der Waals surface area contributed by atoms with Crippen LogP contribution < -0.4 is 10.4 Å². The normalized spacial score (nSPS) is 15.7. The average Bonchev–Trinajstić information content (AvgIpc) is 3.29. The fourth-order valence-corrected chi connectivity index (χ4v) is 4.01. The van der Waals surface area contributed by atoms with Crippen LogP contribution in [0.15, 0.2) is 57.7 Å². The highest BCUT2D eigenvalue weighted by Crippen LogP contribution is 2.32.